The van der Waals surface area contributed by atoms with Gasteiger partial charge in [-0.1, -0.05) is 0 Å². The summed E-state index contributed by atoms with van der Waals surface area (Å²) >= 11 is 4.59. The molecule has 21 heavy (non-hydrogen) atoms. The van der Waals surface area contributed by atoms with E-state index in [4.69, 9.17) is 5.11 Å². The third-order valence-electron chi connectivity index (χ3n) is 2.62. The molecule has 1 rings (SSSR count). The van der Waals surface area contributed by atoms with Crippen LogP contribution in [0.1, 0.15) is 16.8 Å². The number of thioether (sulfide) groups is 1. The fourth-order valence-electron chi connectivity index (χ4n) is 1.53. The highest BCUT2D eigenvalue weighted by Gasteiger charge is 2.22. The summed E-state index contributed by atoms with van der Waals surface area (Å²) in [6.07, 6.45) is 2.10. The normalized spacial score (nSPS) is 11.7. The zero-order valence-corrected chi connectivity index (χ0v) is 13.4. The molecule has 1 aromatic rings. The number of hydrogen-bond donors (Lipinski definition) is 2. The minimum absolute atomic E-state index is 0.0274. The number of non-ortho nitro benzene ring substituents is 1. The maximum atomic E-state index is 12.1. The van der Waals surface area contributed by atoms with Gasteiger partial charge in [-0.3, -0.25) is 14.9 Å². The molecule has 1 atom stereocenters. The van der Waals surface area contributed by atoms with Crippen molar-refractivity contribution in [3.05, 3.63) is 38.3 Å². The lowest BCUT2D eigenvalue weighted by molar-refractivity contribution is -0.384. The van der Waals surface area contributed by atoms with Crippen molar-refractivity contribution in [3.63, 3.8) is 0 Å². The molecule has 1 unspecified atom stereocenters. The molecular weight excluding hydrogens is 364 g/mol. The Labute approximate surface area is 133 Å². The van der Waals surface area contributed by atoms with E-state index in [1.807, 2.05) is 6.26 Å². The van der Waals surface area contributed by atoms with Gasteiger partial charge in [0.15, 0.2) is 0 Å². The summed E-state index contributed by atoms with van der Waals surface area (Å²) in [5.41, 5.74) is -0.209. The number of aliphatic carboxylic acids is 1. The summed E-state index contributed by atoms with van der Waals surface area (Å²) in [5, 5.41) is 22.2. The topological polar surface area (TPSA) is 110 Å². The van der Waals surface area contributed by atoms with Crippen LogP contribution in [-0.2, 0) is 4.79 Å². The van der Waals surface area contributed by atoms with E-state index in [-0.39, 0.29) is 17.7 Å². The first-order valence-corrected chi connectivity index (χ1v) is 8.02. The number of halogens is 1. The van der Waals surface area contributed by atoms with Gasteiger partial charge in [0.1, 0.15) is 6.04 Å². The predicted molar refractivity (Wildman–Crippen MR) is 82.7 cm³/mol. The van der Waals surface area contributed by atoms with Gasteiger partial charge in [-0.2, -0.15) is 11.8 Å². The molecule has 0 bridgehead atoms. The molecule has 0 aliphatic rings. The second kappa shape index (κ2) is 7.99. The molecule has 7 nitrogen and oxygen atoms in total. The molecule has 0 aliphatic carbocycles. The van der Waals surface area contributed by atoms with Crippen LogP contribution < -0.4 is 5.32 Å². The van der Waals surface area contributed by atoms with Gasteiger partial charge in [0.25, 0.3) is 11.6 Å². The van der Waals surface area contributed by atoms with Gasteiger partial charge in [0.05, 0.1) is 10.5 Å². The van der Waals surface area contributed by atoms with Crippen molar-refractivity contribution in [2.75, 3.05) is 12.0 Å². The number of hydrogen-bond acceptors (Lipinski definition) is 5. The quantitative estimate of drug-likeness (QED) is 0.557. The van der Waals surface area contributed by atoms with Crippen molar-refractivity contribution >= 4 is 45.3 Å². The summed E-state index contributed by atoms with van der Waals surface area (Å²) in [7, 11) is 0. The third-order valence-corrected chi connectivity index (χ3v) is 3.95. The van der Waals surface area contributed by atoms with E-state index in [0.717, 1.165) is 6.07 Å². The summed E-state index contributed by atoms with van der Waals surface area (Å²) < 4.78 is 0.361. The van der Waals surface area contributed by atoms with Crippen molar-refractivity contribution in [2.45, 2.75) is 12.5 Å². The molecule has 0 aliphatic heterocycles. The Morgan fingerprint density at radius 1 is 1.52 bits per heavy atom. The number of nitro benzene ring substituents is 1. The van der Waals surface area contributed by atoms with E-state index >= 15 is 0 Å². The smallest absolute Gasteiger partial charge is 0.326 e. The lowest BCUT2D eigenvalue weighted by Crippen LogP contribution is -2.41. The van der Waals surface area contributed by atoms with Crippen LogP contribution in [0.4, 0.5) is 5.69 Å². The molecule has 0 fully saturated rings. The van der Waals surface area contributed by atoms with Crippen molar-refractivity contribution in [2.24, 2.45) is 0 Å². The Hall–Kier alpha value is -1.61. The van der Waals surface area contributed by atoms with Gasteiger partial charge < -0.3 is 10.4 Å². The number of nitrogens with one attached hydrogen (secondary N) is 1. The molecule has 114 valence electrons. The lowest BCUT2D eigenvalue weighted by Gasteiger charge is -2.14. The highest BCUT2D eigenvalue weighted by molar-refractivity contribution is 9.10. The van der Waals surface area contributed by atoms with Crippen LogP contribution in [0.15, 0.2) is 22.7 Å². The molecule has 0 radical (unpaired) electrons. The van der Waals surface area contributed by atoms with Crippen LogP contribution in [0, 0.1) is 10.1 Å². The van der Waals surface area contributed by atoms with Crippen LogP contribution in [0.2, 0.25) is 0 Å². The van der Waals surface area contributed by atoms with Crippen LogP contribution >= 0.6 is 27.7 Å². The molecule has 0 spiro atoms. The highest BCUT2D eigenvalue weighted by atomic mass is 79.9. The lowest BCUT2D eigenvalue weighted by atomic mass is 10.1. The van der Waals surface area contributed by atoms with Gasteiger partial charge in [0.2, 0.25) is 0 Å². The minimum atomic E-state index is -1.14. The van der Waals surface area contributed by atoms with Crippen LogP contribution in [-0.4, -0.2) is 40.0 Å². The van der Waals surface area contributed by atoms with E-state index < -0.39 is 22.8 Å². The molecule has 2 N–H and O–H groups in total. The van der Waals surface area contributed by atoms with Crippen LogP contribution in [0.25, 0.3) is 0 Å². The molecule has 1 amide bonds. The van der Waals surface area contributed by atoms with E-state index in [1.54, 1.807) is 0 Å². The first-order chi connectivity index (χ1) is 9.86. The van der Waals surface area contributed by atoms with Crippen molar-refractivity contribution in [3.8, 4) is 0 Å². The van der Waals surface area contributed by atoms with Crippen molar-refractivity contribution in [1.29, 1.82) is 0 Å². The molecule has 0 saturated carbocycles. The first kappa shape index (κ1) is 17.4. The molecular formula is C12H13BrN2O5S. The van der Waals surface area contributed by atoms with E-state index in [9.17, 15) is 19.7 Å². The highest BCUT2D eigenvalue weighted by Crippen LogP contribution is 2.22. The fourth-order valence-corrected chi connectivity index (χ4v) is 2.43. The van der Waals surface area contributed by atoms with Gasteiger partial charge in [0, 0.05) is 16.6 Å². The van der Waals surface area contributed by atoms with Gasteiger partial charge in [-0.25, -0.2) is 4.79 Å². The number of nitrogens with zero attached hydrogens (tertiary/aromatic N) is 1. The number of amides is 1. The number of carboxylic acid groups (broad SMARTS) is 1. The van der Waals surface area contributed by atoms with Crippen molar-refractivity contribution in [1.82, 2.24) is 5.32 Å². The van der Waals surface area contributed by atoms with Crippen LogP contribution in [0.5, 0.6) is 0 Å². The fraction of sp³-hybridized carbons (Fsp3) is 0.333. The number of nitro groups is 1. The SMILES string of the molecule is CSCCC(NC(=O)c1cc([N+](=O)[O-])ccc1Br)C(=O)O. The number of rotatable bonds is 7. The summed E-state index contributed by atoms with van der Waals surface area (Å²) in [6.45, 7) is 0. The standard InChI is InChI=1S/C12H13BrN2O5S/c1-21-5-4-10(12(17)18)14-11(16)8-6-7(15(19)20)2-3-9(8)13/h2-3,6,10H,4-5H2,1H3,(H,14,16)(H,17,18). The molecule has 0 heterocycles. The summed E-state index contributed by atoms with van der Waals surface area (Å²) in [4.78, 5) is 33.3. The summed E-state index contributed by atoms with van der Waals surface area (Å²) in [6, 6.07) is 2.71. The Morgan fingerprint density at radius 2 is 2.19 bits per heavy atom. The molecule has 0 aromatic heterocycles. The Morgan fingerprint density at radius 3 is 2.71 bits per heavy atom. The van der Waals surface area contributed by atoms with E-state index in [0.29, 0.717) is 10.2 Å². The van der Waals surface area contributed by atoms with Crippen molar-refractivity contribution < 1.29 is 19.6 Å². The zero-order valence-electron chi connectivity index (χ0n) is 11.0. The zero-order chi connectivity index (χ0) is 16.0. The van der Waals surface area contributed by atoms with Crippen LogP contribution in [0.3, 0.4) is 0 Å². The maximum Gasteiger partial charge on any atom is 0.326 e. The number of carboxylic acids is 1. The number of carbonyl (C=O) groups is 2. The molecule has 9 heteroatoms. The number of carbonyl (C=O) groups excluding carboxylic acids is 1. The summed E-state index contributed by atoms with van der Waals surface area (Å²) in [5.74, 6) is -1.23. The molecule has 0 saturated heterocycles. The maximum absolute atomic E-state index is 12.1. The second-order valence-electron chi connectivity index (χ2n) is 4.07. The predicted octanol–water partition coefficient (Wildman–Crippen LogP) is 2.29. The monoisotopic (exact) mass is 376 g/mol. The minimum Gasteiger partial charge on any atom is -0.480 e. The van der Waals surface area contributed by atoms with Gasteiger partial charge in [-0.15, -0.1) is 0 Å². The average molecular weight is 377 g/mol. The first-order valence-electron chi connectivity index (χ1n) is 5.83. The third kappa shape index (κ3) is 5.01. The largest absolute Gasteiger partial charge is 0.480 e. The van der Waals surface area contributed by atoms with E-state index in [2.05, 4.69) is 21.2 Å². The van der Waals surface area contributed by atoms with Gasteiger partial charge >= 0.3 is 5.97 Å². The Kier molecular flexibility index (Phi) is 6.63. The Balaban J connectivity index is 2.94. The Bertz CT molecular complexity index is 567. The number of benzene rings is 1. The molecule has 1 aromatic carbocycles. The average Bonchev–Trinajstić information content (AvgIpc) is 2.42. The van der Waals surface area contributed by atoms with Gasteiger partial charge in [-0.05, 0) is 40.4 Å². The second-order valence-corrected chi connectivity index (χ2v) is 5.91. The van der Waals surface area contributed by atoms with E-state index in [1.165, 1.54) is 23.9 Å².